The van der Waals surface area contributed by atoms with E-state index in [4.69, 9.17) is 0 Å². The molecule has 1 aliphatic rings. The minimum atomic E-state index is -0.425. The van der Waals surface area contributed by atoms with Crippen LogP contribution in [0.4, 0.5) is 21.6 Å². The quantitative estimate of drug-likeness (QED) is 0.662. The number of carbonyl (C=O) groups excluding carboxylic acids is 2. The van der Waals surface area contributed by atoms with E-state index in [0.717, 1.165) is 5.56 Å². The molecule has 0 unspecified atom stereocenters. The summed E-state index contributed by atoms with van der Waals surface area (Å²) < 4.78 is 13.0. The highest BCUT2D eigenvalue weighted by Gasteiger charge is 2.26. The summed E-state index contributed by atoms with van der Waals surface area (Å²) in [4.78, 5) is 32.8. The third-order valence-corrected chi connectivity index (χ3v) is 4.15. The number of benzene rings is 2. The van der Waals surface area contributed by atoms with Crippen molar-refractivity contribution in [3.8, 4) is 0 Å². The molecule has 1 aromatic heterocycles. The van der Waals surface area contributed by atoms with Crippen molar-refractivity contribution < 1.29 is 14.0 Å². The molecule has 2 aromatic carbocycles. The lowest BCUT2D eigenvalue weighted by Gasteiger charge is -2.13. The average Bonchev–Trinajstić information content (AvgIpc) is 3.07. The number of aromatic nitrogens is 2. The maximum Gasteiger partial charge on any atom is 0.255 e. The fourth-order valence-corrected chi connectivity index (χ4v) is 2.87. The van der Waals surface area contributed by atoms with Crippen LogP contribution < -0.4 is 16.0 Å². The van der Waals surface area contributed by atoms with Crippen molar-refractivity contribution in [2.45, 2.75) is 6.54 Å². The largest absolute Gasteiger partial charge is 0.348 e. The second-order valence-corrected chi connectivity index (χ2v) is 5.87. The molecule has 4 rings (SSSR count). The Morgan fingerprint density at radius 2 is 1.85 bits per heavy atom. The number of fused-ring (bicyclic) bond motifs is 1. The fraction of sp³-hybridized carbons (Fsp3) is 0.0526. The molecule has 1 aliphatic heterocycles. The van der Waals surface area contributed by atoms with Gasteiger partial charge in [0, 0.05) is 35.8 Å². The van der Waals surface area contributed by atoms with Crippen molar-refractivity contribution in [2.24, 2.45) is 0 Å². The first-order valence-electron chi connectivity index (χ1n) is 8.16. The van der Waals surface area contributed by atoms with Crippen LogP contribution in [-0.2, 0) is 6.54 Å². The van der Waals surface area contributed by atoms with E-state index in [9.17, 15) is 14.0 Å². The molecule has 0 saturated carbocycles. The topological polar surface area (TPSA) is 96.0 Å². The lowest BCUT2D eigenvalue weighted by molar-refractivity contribution is 0.0966. The van der Waals surface area contributed by atoms with Crippen LogP contribution in [-0.4, -0.2) is 21.8 Å². The molecule has 0 saturated heterocycles. The normalized spacial score (nSPS) is 12.3. The molecule has 2 amide bonds. The Labute approximate surface area is 153 Å². The van der Waals surface area contributed by atoms with Gasteiger partial charge in [0.2, 0.25) is 0 Å². The van der Waals surface area contributed by atoms with Crippen LogP contribution in [0.25, 0.3) is 0 Å². The molecule has 0 radical (unpaired) electrons. The molecule has 0 spiro atoms. The highest BCUT2D eigenvalue weighted by atomic mass is 19.1. The first kappa shape index (κ1) is 16.6. The Kier molecular flexibility index (Phi) is 4.21. The number of hydrogen-bond acceptors (Lipinski definition) is 5. The molecular formula is C19H14FN5O2. The van der Waals surface area contributed by atoms with Crippen LogP contribution in [0.3, 0.4) is 0 Å². The van der Waals surface area contributed by atoms with Gasteiger partial charge in [0.15, 0.2) is 0 Å². The van der Waals surface area contributed by atoms with E-state index in [2.05, 4.69) is 25.9 Å². The number of carbonyl (C=O) groups is 2. The van der Waals surface area contributed by atoms with Gasteiger partial charge in [-0.05, 0) is 36.4 Å². The maximum atomic E-state index is 13.0. The summed E-state index contributed by atoms with van der Waals surface area (Å²) in [5, 5.41) is 8.60. The predicted molar refractivity (Wildman–Crippen MR) is 97.3 cm³/mol. The van der Waals surface area contributed by atoms with Crippen LogP contribution in [0, 0.1) is 5.82 Å². The molecule has 7 nitrogen and oxygen atoms in total. The second kappa shape index (κ2) is 6.83. The van der Waals surface area contributed by atoms with E-state index < -0.39 is 11.7 Å². The molecule has 0 bridgehead atoms. The van der Waals surface area contributed by atoms with Crippen LogP contribution >= 0.6 is 0 Å². The van der Waals surface area contributed by atoms with Gasteiger partial charge in [0.05, 0.1) is 17.4 Å². The number of nitrogens with one attached hydrogen (secondary N) is 3. The monoisotopic (exact) mass is 363 g/mol. The molecule has 134 valence electrons. The van der Waals surface area contributed by atoms with Gasteiger partial charge in [0.25, 0.3) is 11.8 Å². The minimum absolute atomic E-state index is 0.276. The van der Waals surface area contributed by atoms with Gasteiger partial charge in [-0.2, -0.15) is 0 Å². The first-order chi connectivity index (χ1) is 13.1. The van der Waals surface area contributed by atoms with Crippen molar-refractivity contribution in [1.29, 1.82) is 0 Å². The lowest BCUT2D eigenvalue weighted by Crippen LogP contribution is -2.17. The zero-order valence-corrected chi connectivity index (χ0v) is 14.0. The summed E-state index contributed by atoms with van der Waals surface area (Å²) in [5.74, 6) is -0.581. The Balaban J connectivity index is 1.64. The standard InChI is InChI=1S/C19H14FN5O2/c20-12-3-1-11(2-4-12)18(26)25-15-6-5-14(13-9-23-19(27)17(13)15)24-16-10-21-7-8-22-16/h1-8,10H,9H2,(H,22,24)(H,23,27)(H,25,26). The number of hydrogen-bond donors (Lipinski definition) is 3. The minimum Gasteiger partial charge on any atom is -0.348 e. The van der Waals surface area contributed by atoms with Gasteiger partial charge in [-0.3, -0.25) is 14.6 Å². The second-order valence-electron chi connectivity index (χ2n) is 5.87. The van der Waals surface area contributed by atoms with E-state index >= 15 is 0 Å². The molecule has 27 heavy (non-hydrogen) atoms. The van der Waals surface area contributed by atoms with Crippen molar-refractivity contribution in [2.75, 3.05) is 10.6 Å². The maximum absolute atomic E-state index is 13.0. The van der Waals surface area contributed by atoms with E-state index in [1.165, 1.54) is 24.3 Å². The Morgan fingerprint density at radius 3 is 2.59 bits per heavy atom. The van der Waals surface area contributed by atoms with E-state index in [0.29, 0.717) is 34.9 Å². The summed E-state index contributed by atoms with van der Waals surface area (Å²) in [5.41, 5.74) is 2.50. The number of amides is 2. The van der Waals surface area contributed by atoms with Crippen LogP contribution in [0.5, 0.6) is 0 Å². The van der Waals surface area contributed by atoms with E-state index in [1.807, 2.05) is 0 Å². The van der Waals surface area contributed by atoms with E-state index in [-0.39, 0.29) is 5.91 Å². The lowest BCUT2D eigenvalue weighted by atomic mass is 10.0. The molecule has 8 heteroatoms. The Morgan fingerprint density at radius 1 is 1.07 bits per heavy atom. The summed E-state index contributed by atoms with van der Waals surface area (Å²) in [7, 11) is 0. The zero-order valence-electron chi connectivity index (χ0n) is 14.0. The summed E-state index contributed by atoms with van der Waals surface area (Å²) in [6.07, 6.45) is 4.69. The average molecular weight is 363 g/mol. The number of halogens is 1. The Hall–Kier alpha value is -3.81. The smallest absolute Gasteiger partial charge is 0.255 e. The van der Waals surface area contributed by atoms with Crippen molar-refractivity contribution >= 4 is 29.0 Å². The molecule has 0 aliphatic carbocycles. The van der Waals surface area contributed by atoms with Gasteiger partial charge in [0.1, 0.15) is 11.6 Å². The number of rotatable bonds is 4. The van der Waals surface area contributed by atoms with Gasteiger partial charge in [-0.25, -0.2) is 9.37 Å². The van der Waals surface area contributed by atoms with Gasteiger partial charge in [-0.1, -0.05) is 0 Å². The van der Waals surface area contributed by atoms with Gasteiger partial charge < -0.3 is 16.0 Å². The first-order valence-corrected chi connectivity index (χ1v) is 8.16. The predicted octanol–water partition coefficient (Wildman–Crippen LogP) is 2.86. The zero-order chi connectivity index (χ0) is 18.8. The highest BCUT2D eigenvalue weighted by Crippen LogP contribution is 2.32. The van der Waals surface area contributed by atoms with Gasteiger partial charge in [-0.15, -0.1) is 0 Å². The summed E-state index contributed by atoms with van der Waals surface area (Å²) in [6, 6.07) is 8.59. The van der Waals surface area contributed by atoms with Crippen molar-refractivity contribution in [1.82, 2.24) is 15.3 Å². The summed E-state index contributed by atoms with van der Waals surface area (Å²) in [6.45, 7) is 0.330. The summed E-state index contributed by atoms with van der Waals surface area (Å²) >= 11 is 0. The van der Waals surface area contributed by atoms with Crippen LogP contribution in [0.15, 0.2) is 55.0 Å². The van der Waals surface area contributed by atoms with E-state index in [1.54, 1.807) is 30.7 Å². The molecular weight excluding hydrogens is 349 g/mol. The number of anilines is 3. The molecule has 0 atom stereocenters. The van der Waals surface area contributed by atoms with Gasteiger partial charge >= 0.3 is 0 Å². The van der Waals surface area contributed by atoms with Crippen LogP contribution in [0.1, 0.15) is 26.3 Å². The van der Waals surface area contributed by atoms with Crippen molar-refractivity contribution in [3.63, 3.8) is 0 Å². The van der Waals surface area contributed by atoms with Crippen molar-refractivity contribution in [3.05, 3.63) is 77.5 Å². The SMILES string of the molecule is O=C(Nc1ccc(Nc2cnccn2)c2c1C(=O)NC2)c1ccc(F)cc1. The number of nitrogens with zero attached hydrogens (tertiary/aromatic N) is 2. The van der Waals surface area contributed by atoms with Crippen LogP contribution in [0.2, 0.25) is 0 Å². The fourth-order valence-electron chi connectivity index (χ4n) is 2.87. The molecule has 0 fully saturated rings. The molecule has 3 N–H and O–H groups in total. The highest BCUT2D eigenvalue weighted by molar-refractivity contribution is 6.11. The Bertz CT molecular complexity index is 1020. The third kappa shape index (κ3) is 3.32. The molecule has 3 aromatic rings. The third-order valence-electron chi connectivity index (χ3n) is 4.15. The molecule has 2 heterocycles.